The van der Waals surface area contributed by atoms with Gasteiger partial charge in [-0.2, -0.15) is 0 Å². The van der Waals surface area contributed by atoms with Crippen LogP contribution < -0.4 is 11.3 Å². The average Bonchev–Trinajstić information content (AvgIpc) is 2.46. The lowest BCUT2D eigenvalue weighted by Crippen LogP contribution is -2.25. The SMILES string of the molecule is N/C(=N\O)c1cc(=O)n(CCc2ccccc2)cn1. The first-order valence-electron chi connectivity index (χ1n) is 5.79. The molecule has 2 aromatic rings. The number of aromatic nitrogens is 2. The third kappa shape index (κ3) is 3.19. The summed E-state index contributed by atoms with van der Waals surface area (Å²) in [7, 11) is 0. The van der Waals surface area contributed by atoms with E-state index in [0.717, 1.165) is 12.0 Å². The lowest BCUT2D eigenvalue weighted by Gasteiger charge is -2.06. The van der Waals surface area contributed by atoms with Crippen molar-refractivity contribution in [1.82, 2.24) is 9.55 Å². The Kier molecular flexibility index (Phi) is 3.92. The van der Waals surface area contributed by atoms with E-state index in [1.807, 2.05) is 30.3 Å². The fourth-order valence-electron chi connectivity index (χ4n) is 1.68. The number of nitrogens with two attached hydrogens (primary N) is 1. The Labute approximate surface area is 109 Å². The number of rotatable bonds is 4. The molecule has 0 radical (unpaired) electrons. The van der Waals surface area contributed by atoms with Gasteiger partial charge in [-0.25, -0.2) is 4.98 Å². The predicted molar refractivity (Wildman–Crippen MR) is 71.2 cm³/mol. The molecule has 1 aromatic carbocycles. The molecule has 0 aliphatic carbocycles. The van der Waals surface area contributed by atoms with Crippen LogP contribution in [0.3, 0.4) is 0 Å². The molecular weight excluding hydrogens is 244 g/mol. The molecule has 1 heterocycles. The minimum Gasteiger partial charge on any atom is -0.409 e. The van der Waals surface area contributed by atoms with Crippen molar-refractivity contribution in [2.75, 3.05) is 0 Å². The highest BCUT2D eigenvalue weighted by Crippen LogP contribution is 2.00. The third-order valence-electron chi connectivity index (χ3n) is 2.73. The maximum Gasteiger partial charge on any atom is 0.254 e. The molecule has 3 N–H and O–H groups in total. The second kappa shape index (κ2) is 5.81. The summed E-state index contributed by atoms with van der Waals surface area (Å²) in [4.78, 5) is 15.8. The zero-order valence-electron chi connectivity index (χ0n) is 10.2. The minimum absolute atomic E-state index is 0.170. The zero-order chi connectivity index (χ0) is 13.7. The highest BCUT2D eigenvalue weighted by atomic mass is 16.4. The van der Waals surface area contributed by atoms with Crippen molar-refractivity contribution in [2.45, 2.75) is 13.0 Å². The lowest BCUT2D eigenvalue weighted by atomic mass is 10.1. The lowest BCUT2D eigenvalue weighted by molar-refractivity contribution is 0.318. The smallest absolute Gasteiger partial charge is 0.254 e. The van der Waals surface area contributed by atoms with Crippen LogP contribution in [-0.2, 0) is 13.0 Å². The second-order valence-electron chi connectivity index (χ2n) is 4.03. The van der Waals surface area contributed by atoms with E-state index < -0.39 is 0 Å². The summed E-state index contributed by atoms with van der Waals surface area (Å²) in [5, 5.41) is 11.3. The zero-order valence-corrected chi connectivity index (χ0v) is 10.2. The van der Waals surface area contributed by atoms with E-state index in [1.54, 1.807) is 0 Å². The molecule has 0 unspecified atom stereocenters. The van der Waals surface area contributed by atoms with Crippen LogP contribution in [0.1, 0.15) is 11.3 Å². The second-order valence-corrected chi connectivity index (χ2v) is 4.03. The van der Waals surface area contributed by atoms with Crippen LogP contribution in [0, 0.1) is 0 Å². The molecule has 0 saturated heterocycles. The van der Waals surface area contributed by atoms with Gasteiger partial charge < -0.3 is 10.9 Å². The predicted octanol–water partition coefficient (Wildman–Crippen LogP) is 0.580. The molecule has 0 fully saturated rings. The quantitative estimate of drug-likeness (QED) is 0.363. The van der Waals surface area contributed by atoms with Gasteiger partial charge in [0.05, 0.1) is 6.33 Å². The Hall–Kier alpha value is -2.63. The van der Waals surface area contributed by atoms with Crippen LogP contribution in [0.5, 0.6) is 0 Å². The van der Waals surface area contributed by atoms with Crippen molar-refractivity contribution < 1.29 is 5.21 Å². The number of aryl methyl sites for hydroxylation is 2. The fourth-order valence-corrected chi connectivity index (χ4v) is 1.68. The van der Waals surface area contributed by atoms with Gasteiger partial charge in [0, 0.05) is 12.6 Å². The molecule has 6 nitrogen and oxygen atoms in total. The van der Waals surface area contributed by atoms with Crippen molar-refractivity contribution in [3.8, 4) is 0 Å². The van der Waals surface area contributed by atoms with Crippen LogP contribution in [0.2, 0.25) is 0 Å². The maximum atomic E-state index is 11.8. The number of hydrogen-bond donors (Lipinski definition) is 2. The fraction of sp³-hybridized carbons (Fsp3) is 0.154. The summed E-state index contributed by atoms with van der Waals surface area (Å²) in [6.07, 6.45) is 2.14. The van der Waals surface area contributed by atoms with Gasteiger partial charge >= 0.3 is 0 Å². The van der Waals surface area contributed by atoms with Crippen molar-refractivity contribution in [3.63, 3.8) is 0 Å². The Morgan fingerprint density at radius 1 is 1.37 bits per heavy atom. The van der Waals surface area contributed by atoms with Gasteiger partial charge in [-0.15, -0.1) is 0 Å². The third-order valence-corrected chi connectivity index (χ3v) is 2.73. The average molecular weight is 258 g/mol. The molecule has 1 aromatic heterocycles. The molecule has 2 rings (SSSR count). The molecular formula is C13H14N4O2. The van der Waals surface area contributed by atoms with Crippen LogP contribution in [-0.4, -0.2) is 20.6 Å². The number of oxime groups is 1. The van der Waals surface area contributed by atoms with Gasteiger partial charge in [-0.3, -0.25) is 9.36 Å². The van der Waals surface area contributed by atoms with E-state index in [9.17, 15) is 4.79 Å². The normalized spacial score (nSPS) is 11.5. The highest BCUT2D eigenvalue weighted by Gasteiger charge is 2.04. The Bertz CT molecular complexity index is 635. The standard InChI is InChI=1S/C13H14N4O2/c14-13(16-19)11-8-12(18)17(9-15-11)7-6-10-4-2-1-3-5-10/h1-5,8-9,19H,6-7H2,(H2,14,16). The Morgan fingerprint density at radius 3 is 2.74 bits per heavy atom. The number of hydrogen-bond acceptors (Lipinski definition) is 4. The first-order valence-corrected chi connectivity index (χ1v) is 5.79. The van der Waals surface area contributed by atoms with Crippen LogP contribution in [0.25, 0.3) is 0 Å². The van der Waals surface area contributed by atoms with Gasteiger partial charge in [-0.05, 0) is 12.0 Å². The van der Waals surface area contributed by atoms with Gasteiger partial charge in [0.1, 0.15) is 5.69 Å². The topological polar surface area (TPSA) is 93.5 Å². The minimum atomic E-state index is -0.229. The molecule has 98 valence electrons. The van der Waals surface area contributed by atoms with Gasteiger partial charge in [0.25, 0.3) is 5.56 Å². The summed E-state index contributed by atoms with van der Waals surface area (Å²) in [5.74, 6) is -0.174. The van der Waals surface area contributed by atoms with Gasteiger partial charge in [-0.1, -0.05) is 35.5 Å². The molecule has 0 saturated carbocycles. The van der Waals surface area contributed by atoms with Crippen molar-refractivity contribution in [3.05, 3.63) is 64.3 Å². The Morgan fingerprint density at radius 2 is 2.11 bits per heavy atom. The molecule has 0 aliphatic rings. The number of benzene rings is 1. The van der Waals surface area contributed by atoms with Crippen LogP contribution in [0.15, 0.2) is 52.7 Å². The maximum absolute atomic E-state index is 11.8. The summed E-state index contributed by atoms with van der Waals surface area (Å²) in [6, 6.07) is 11.1. The van der Waals surface area contributed by atoms with E-state index in [0.29, 0.717) is 6.54 Å². The largest absolute Gasteiger partial charge is 0.409 e. The van der Waals surface area contributed by atoms with Crippen molar-refractivity contribution >= 4 is 5.84 Å². The summed E-state index contributed by atoms with van der Waals surface area (Å²) in [6.45, 7) is 0.534. The number of amidine groups is 1. The summed E-state index contributed by atoms with van der Waals surface area (Å²) >= 11 is 0. The molecule has 19 heavy (non-hydrogen) atoms. The monoisotopic (exact) mass is 258 g/mol. The van der Waals surface area contributed by atoms with E-state index in [-0.39, 0.29) is 17.1 Å². The summed E-state index contributed by atoms with van der Waals surface area (Å²) in [5.41, 5.74) is 6.46. The van der Waals surface area contributed by atoms with Crippen molar-refractivity contribution in [1.29, 1.82) is 0 Å². The van der Waals surface area contributed by atoms with Crippen LogP contribution in [0.4, 0.5) is 0 Å². The van der Waals surface area contributed by atoms with E-state index in [4.69, 9.17) is 10.9 Å². The molecule has 6 heteroatoms. The first kappa shape index (κ1) is 12.8. The van der Waals surface area contributed by atoms with Gasteiger partial charge in [0.15, 0.2) is 5.84 Å². The molecule has 0 aliphatic heterocycles. The summed E-state index contributed by atoms with van der Waals surface area (Å²) < 4.78 is 1.49. The van der Waals surface area contributed by atoms with E-state index in [2.05, 4.69) is 10.1 Å². The number of nitrogens with zero attached hydrogens (tertiary/aromatic N) is 3. The van der Waals surface area contributed by atoms with Crippen molar-refractivity contribution in [2.24, 2.45) is 10.9 Å². The van der Waals surface area contributed by atoms with Gasteiger partial charge in [0.2, 0.25) is 0 Å². The molecule has 0 amide bonds. The molecule has 0 bridgehead atoms. The van der Waals surface area contributed by atoms with E-state index >= 15 is 0 Å². The van der Waals surface area contributed by atoms with Crippen LogP contribution >= 0.6 is 0 Å². The Balaban J connectivity index is 2.12. The van der Waals surface area contributed by atoms with E-state index in [1.165, 1.54) is 17.0 Å². The highest BCUT2D eigenvalue weighted by molar-refractivity contribution is 5.94. The first-order chi connectivity index (χ1) is 9.20. The molecule has 0 atom stereocenters. The molecule has 0 spiro atoms.